The number of rotatable bonds is 20. The number of carboxylic acids is 3. The van der Waals surface area contributed by atoms with Crippen LogP contribution in [0.25, 0.3) is 0 Å². The quantitative estimate of drug-likeness (QED) is 0.0913. The summed E-state index contributed by atoms with van der Waals surface area (Å²) < 4.78 is 5.43. The molecular formula is C23H38N4O11. The molecule has 3 atom stereocenters. The number of hydrogen-bond donors (Lipinski definition) is 7. The van der Waals surface area contributed by atoms with E-state index in [1.54, 1.807) is 0 Å². The maximum Gasteiger partial charge on any atom is 0.305 e. The zero-order valence-corrected chi connectivity index (χ0v) is 21.8. The Hall–Kier alpha value is -3.75. The van der Waals surface area contributed by atoms with Crippen LogP contribution in [0.4, 0.5) is 0 Å². The Morgan fingerprint density at radius 3 is 1.47 bits per heavy atom. The molecule has 38 heavy (non-hydrogen) atoms. The fourth-order valence-corrected chi connectivity index (χ4v) is 3.18. The second-order valence-electron chi connectivity index (χ2n) is 8.79. The highest BCUT2D eigenvalue weighted by Crippen LogP contribution is 2.03. The summed E-state index contributed by atoms with van der Waals surface area (Å²) in [7, 11) is 0. The fraction of sp³-hybridized carbons (Fsp3) is 0.696. The average Bonchev–Trinajstić information content (AvgIpc) is 2.77. The molecular weight excluding hydrogens is 508 g/mol. The maximum absolute atomic E-state index is 12.7. The molecule has 0 aromatic carbocycles. The van der Waals surface area contributed by atoms with E-state index in [0.29, 0.717) is 13.0 Å². The molecule has 0 bridgehead atoms. The van der Waals surface area contributed by atoms with Crippen molar-refractivity contribution in [2.45, 2.75) is 89.9 Å². The largest absolute Gasteiger partial charge is 0.481 e. The molecule has 0 aliphatic heterocycles. The van der Waals surface area contributed by atoms with Crippen LogP contribution in [0, 0.1) is 0 Å². The second kappa shape index (κ2) is 18.5. The van der Waals surface area contributed by atoms with E-state index < -0.39 is 78.9 Å². The Kier molecular flexibility index (Phi) is 16.7. The monoisotopic (exact) mass is 546 g/mol. The Balaban J connectivity index is 5.16. The van der Waals surface area contributed by atoms with Gasteiger partial charge in [0.1, 0.15) is 18.1 Å². The van der Waals surface area contributed by atoms with E-state index >= 15 is 0 Å². The Bertz CT molecular complexity index is 831. The fourth-order valence-electron chi connectivity index (χ4n) is 3.18. The van der Waals surface area contributed by atoms with Crippen molar-refractivity contribution in [2.75, 3.05) is 13.2 Å². The summed E-state index contributed by atoms with van der Waals surface area (Å²) in [6.07, 6.45) is 0.587. The Morgan fingerprint density at radius 2 is 1.05 bits per heavy atom. The summed E-state index contributed by atoms with van der Waals surface area (Å²) >= 11 is 0. The molecule has 0 heterocycles. The number of amides is 4. The molecule has 0 saturated carbocycles. The molecule has 0 spiro atoms. The van der Waals surface area contributed by atoms with Crippen molar-refractivity contribution in [1.82, 2.24) is 21.3 Å². The minimum Gasteiger partial charge on any atom is -0.481 e. The summed E-state index contributed by atoms with van der Waals surface area (Å²) in [5.74, 6) is -8.26. The second-order valence-corrected chi connectivity index (χ2v) is 8.79. The van der Waals surface area contributed by atoms with Crippen molar-refractivity contribution in [3.8, 4) is 0 Å². The first-order chi connectivity index (χ1) is 17.7. The van der Waals surface area contributed by atoms with E-state index in [9.17, 15) is 33.6 Å². The predicted molar refractivity (Wildman–Crippen MR) is 131 cm³/mol. The van der Waals surface area contributed by atoms with Gasteiger partial charge in [-0.25, -0.2) is 0 Å². The van der Waals surface area contributed by atoms with Gasteiger partial charge < -0.3 is 41.3 Å². The van der Waals surface area contributed by atoms with Gasteiger partial charge in [0.15, 0.2) is 0 Å². The van der Waals surface area contributed by atoms with Gasteiger partial charge >= 0.3 is 17.9 Å². The van der Waals surface area contributed by atoms with Crippen molar-refractivity contribution in [3.63, 3.8) is 0 Å². The van der Waals surface area contributed by atoms with Crippen LogP contribution in [0.3, 0.4) is 0 Å². The number of aliphatic carboxylic acids is 3. The smallest absolute Gasteiger partial charge is 0.305 e. The van der Waals surface area contributed by atoms with Crippen LogP contribution in [0.5, 0.6) is 0 Å². The van der Waals surface area contributed by atoms with Gasteiger partial charge in [0, 0.05) is 20.1 Å². The molecule has 0 saturated heterocycles. The number of unbranched alkanes of at least 4 members (excludes halogenated alkanes) is 3. The lowest BCUT2D eigenvalue weighted by Gasteiger charge is -2.23. The van der Waals surface area contributed by atoms with E-state index in [-0.39, 0.29) is 12.6 Å². The lowest BCUT2D eigenvalue weighted by atomic mass is 10.1. The number of carboxylic acid groups (broad SMARTS) is 3. The van der Waals surface area contributed by atoms with Crippen LogP contribution >= 0.6 is 0 Å². The molecule has 7 N–H and O–H groups in total. The molecule has 0 fully saturated rings. The molecule has 0 aliphatic carbocycles. The summed E-state index contributed by atoms with van der Waals surface area (Å²) in [6, 6.07) is -4.97. The number of hydrogen-bond acceptors (Lipinski definition) is 8. The third kappa shape index (κ3) is 16.8. The molecule has 15 nitrogen and oxygen atoms in total. The summed E-state index contributed by atoms with van der Waals surface area (Å²) in [4.78, 5) is 82.5. The number of carbonyl (C=O) groups is 7. The van der Waals surface area contributed by atoms with Gasteiger partial charge in [-0.3, -0.25) is 33.6 Å². The summed E-state index contributed by atoms with van der Waals surface area (Å²) in [6.45, 7) is 5.72. The molecule has 15 heteroatoms. The normalized spacial score (nSPS) is 13.1. The lowest BCUT2D eigenvalue weighted by molar-refractivity contribution is -0.144. The van der Waals surface area contributed by atoms with Gasteiger partial charge in [0.05, 0.1) is 25.4 Å². The maximum atomic E-state index is 12.7. The summed E-state index contributed by atoms with van der Waals surface area (Å²) in [5.41, 5.74) is 0. The molecule has 0 unspecified atom stereocenters. The molecule has 0 aromatic rings. The van der Waals surface area contributed by atoms with Gasteiger partial charge in [-0.05, 0) is 26.7 Å². The number of carbonyl (C=O) groups excluding carboxylic acids is 4. The van der Waals surface area contributed by atoms with Crippen LogP contribution < -0.4 is 21.3 Å². The minimum absolute atomic E-state index is 0.141. The van der Waals surface area contributed by atoms with E-state index in [1.807, 2.05) is 19.2 Å². The highest BCUT2D eigenvalue weighted by molar-refractivity contribution is 5.97. The first kappa shape index (κ1) is 34.2. The molecule has 0 aliphatic rings. The zero-order valence-electron chi connectivity index (χ0n) is 21.8. The molecule has 0 aromatic heterocycles. The lowest BCUT2D eigenvalue weighted by Crippen LogP contribution is -2.57. The van der Waals surface area contributed by atoms with E-state index in [0.717, 1.165) is 26.2 Å². The van der Waals surface area contributed by atoms with E-state index in [1.165, 1.54) is 0 Å². The first-order valence-electron chi connectivity index (χ1n) is 12.1. The average molecular weight is 547 g/mol. The third-order valence-electron chi connectivity index (χ3n) is 4.92. The Labute approximate surface area is 220 Å². The van der Waals surface area contributed by atoms with Gasteiger partial charge in [-0.2, -0.15) is 0 Å². The van der Waals surface area contributed by atoms with Crippen LogP contribution in [-0.4, -0.2) is 94.2 Å². The van der Waals surface area contributed by atoms with E-state index in [4.69, 9.17) is 20.1 Å². The number of ether oxygens (including phenoxy) is 1. The van der Waals surface area contributed by atoms with Gasteiger partial charge in [0.2, 0.25) is 23.6 Å². The van der Waals surface area contributed by atoms with Crippen LogP contribution in [-0.2, 0) is 38.3 Å². The van der Waals surface area contributed by atoms with Crippen molar-refractivity contribution >= 4 is 41.5 Å². The zero-order chi connectivity index (χ0) is 29.3. The number of nitrogens with one attached hydrogen (secondary N) is 4. The predicted octanol–water partition coefficient (Wildman–Crippen LogP) is -1.01. The van der Waals surface area contributed by atoms with Gasteiger partial charge in [-0.15, -0.1) is 0 Å². The van der Waals surface area contributed by atoms with Crippen LogP contribution in [0.15, 0.2) is 0 Å². The molecule has 0 radical (unpaired) electrons. The minimum atomic E-state index is -1.79. The molecule has 216 valence electrons. The van der Waals surface area contributed by atoms with Crippen molar-refractivity contribution in [1.29, 1.82) is 0 Å². The SMILES string of the molecule is CC(=O)N[C@@H](CC(=O)O)C(=O)N[C@@H](CC(=O)O)C(=O)N[C@@H](CC(=O)O)C(=O)NCCCCCCOC(C)C. The van der Waals surface area contributed by atoms with Gasteiger partial charge in [0.25, 0.3) is 0 Å². The Morgan fingerprint density at radius 1 is 0.632 bits per heavy atom. The van der Waals surface area contributed by atoms with Crippen molar-refractivity contribution < 1.29 is 53.6 Å². The standard InChI is InChI=1S/C23H38N4O11/c1-13(2)38-9-7-5-4-6-8-24-21(35)15(10-18(29)30)26-23(37)17(12-20(33)34)27-22(36)16(11-19(31)32)25-14(3)28/h13,15-17H,4-12H2,1-3H3,(H,24,35)(H,25,28)(H,26,37)(H,27,36)(H,29,30)(H,31,32)(H,33,34)/t15-,16-,17-/m0/s1. The highest BCUT2D eigenvalue weighted by atomic mass is 16.5. The molecule has 0 rings (SSSR count). The first-order valence-corrected chi connectivity index (χ1v) is 12.1. The van der Waals surface area contributed by atoms with E-state index in [2.05, 4.69) is 16.0 Å². The van der Waals surface area contributed by atoms with Crippen LogP contribution in [0.1, 0.15) is 65.7 Å². The van der Waals surface area contributed by atoms with Gasteiger partial charge in [-0.1, -0.05) is 12.8 Å². The van der Waals surface area contributed by atoms with Crippen LogP contribution in [0.2, 0.25) is 0 Å². The topological polar surface area (TPSA) is 238 Å². The highest BCUT2D eigenvalue weighted by Gasteiger charge is 2.32. The summed E-state index contributed by atoms with van der Waals surface area (Å²) in [5, 5.41) is 36.0. The van der Waals surface area contributed by atoms with Crippen molar-refractivity contribution in [3.05, 3.63) is 0 Å². The molecule has 4 amide bonds. The van der Waals surface area contributed by atoms with Crippen molar-refractivity contribution in [2.24, 2.45) is 0 Å². The third-order valence-corrected chi connectivity index (χ3v) is 4.92.